The van der Waals surface area contributed by atoms with E-state index in [0.29, 0.717) is 29.4 Å². The van der Waals surface area contributed by atoms with E-state index in [1.54, 1.807) is 32.4 Å². The number of aliphatic carboxylic acids is 1. The van der Waals surface area contributed by atoms with Crippen LogP contribution in [0.5, 0.6) is 11.5 Å². The Morgan fingerprint density at radius 1 is 0.958 bits per heavy atom. The summed E-state index contributed by atoms with van der Waals surface area (Å²) in [7, 11) is 3.10. The lowest BCUT2D eigenvalue weighted by molar-refractivity contribution is -0.138. The first-order chi connectivity index (χ1) is 11.5. The number of carboxylic acid groups (broad SMARTS) is 1. The van der Waals surface area contributed by atoms with Gasteiger partial charge in [-0.1, -0.05) is 44.2 Å². The van der Waals surface area contributed by atoms with Gasteiger partial charge >= 0.3 is 5.97 Å². The summed E-state index contributed by atoms with van der Waals surface area (Å²) in [6.45, 7) is 4.28. The summed E-state index contributed by atoms with van der Waals surface area (Å²) in [5.41, 5.74) is 2.95. The maximum atomic E-state index is 11.8. The first-order valence-corrected chi connectivity index (χ1v) is 7.99. The molecule has 2 rings (SSSR count). The van der Waals surface area contributed by atoms with Gasteiger partial charge in [-0.3, -0.25) is 4.79 Å². The van der Waals surface area contributed by atoms with Crippen molar-refractivity contribution >= 4 is 5.97 Å². The van der Waals surface area contributed by atoms with Crippen molar-refractivity contribution in [1.82, 2.24) is 0 Å². The number of ether oxygens (including phenoxy) is 2. The van der Waals surface area contributed by atoms with Crippen molar-refractivity contribution in [2.45, 2.75) is 32.1 Å². The Labute approximate surface area is 143 Å². The van der Waals surface area contributed by atoms with E-state index in [0.717, 1.165) is 5.56 Å². The molecule has 0 spiro atoms. The lowest BCUT2D eigenvalue weighted by Crippen LogP contribution is -2.14. The average Bonchev–Trinajstić information content (AvgIpc) is 2.59. The fourth-order valence-electron chi connectivity index (χ4n) is 2.69. The van der Waals surface area contributed by atoms with E-state index in [1.807, 2.05) is 12.1 Å². The molecule has 4 nitrogen and oxygen atoms in total. The Morgan fingerprint density at radius 2 is 1.54 bits per heavy atom. The monoisotopic (exact) mass is 328 g/mol. The van der Waals surface area contributed by atoms with Crippen LogP contribution >= 0.6 is 0 Å². The number of rotatable bonds is 7. The van der Waals surface area contributed by atoms with E-state index in [4.69, 9.17) is 9.47 Å². The van der Waals surface area contributed by atoms with Crippen molar-refractivity contribution in [2.24, 2.45) is 0 Å². The quantitative estimate of drug-likeness (QED) is 0.826. The van der Waals surface area contributed by atoms with Crippen LogP contribution in [0.25, 0.3) is 0 Å². The Balaban J connectivity index is 2.28. The van der Waals surface area contributed by atoms with Gasteiger partial charge in [0.2, 0.25) is 0 Å². The van der Waals surface area contributed by atoms with Crippen LogP contribution in [0.4, 0.5) is 0 Å². The summed E-state index contributed by atoms with van der Waals surface area (Å²) < 4.78 is 10.5. The molecule has 1 N–H and O–H groups in total. The van der Waals surface area contributed by atoms with Crippen LogP contribution in [0.3, 0.4) is 0 Å². The molecule has 1 atom stereocenters. The molecular weight excluding hydrogens is 304 g/mol. The molecule has 24 heavy (non-hydrogen) atoms. The third-order valence-electron chi connectivity index (χ3n) is 4.19. The highest BCUT2D eigenvalue weighted by Crippen LogP contribution is 2.32. The maximum absolute atomic E-state index is 11.8. The number of carboxylic acids is 1. The Hall–Kier alpha value is -2.49. The van der Waals surface area contributed by atoms with Crippen LogP contribution in [0.1, 0.15) is 42.4 Å². The van der Waals surface area contributed by atoms with Crippen LogP contribution < -0.4 is 9.47 Å². The van der Waals surface area contributed by atoms with Crippen LogP contribution in [0.2, 0.25) is 0 Å². The molecule has 0 amide bonds. The van der Waals surface area contributed by atoms with E-state index >= 15 is 0 Å². The fourth-order valence-corrected chi connectivity index (χ4v) is 2.69. The first-order valence-electron chi connectivity index (χ1n) is 7.99. The van der Waals surface area contributed by atoms with Crippen molar-refractivity contribution in [1.29, 1.82) is 0 Å². The smallest absolute Gasteiger partial charge is 0.311 e. The highest BCUT2D eigenvalue weighted by molar-refractivity contribution is 5.77. The molecule has 0 heterocycles. The molecule has 2 aromatic rings. The number of methoxy groups -OCH3 is 2. The predicted octanol–water partition coefficient (Wildman–Crippen LogP) is 4.24. The van der Waals surface area contributed by atoms with Crippen molar-refractivity contribution in [3.8, 4) is 11.5 Å². The Bertz CT molecular complexity index is 689. The van der Waals surface area contributed by atoms with Gasteiger partial charge in [0.1, 0.15) is 0 Å². The van der Waals surface area contributed by atoms with Crippen molar-refractivity contribution in [3.63, 3.8) is 0 Å². The molecule has 128 valence electrons. The molecule has 0 radical (unpaired) electrons. The lowest BCUT2D eigenvalue weighted by atomic mass is 9.90. The molecule has 0 aliphatic carbocycles. The molecule has 0 aliphatic rings. The van der Waals surface area contributed by atoms with Crippen molar-refractivity contribution in [3.05, 3.63) is 59.2 Å². The third kappa shape index (κ3) is 4.07. The third-order valence-corrected chi connectivity index (χ3v) is 4.19. The van der Waals surface area contributed by atoms with Crippen LogP contribution in [0, 0.1) is 0 Å². The Kier molecular flexibility index (Phi) is 5.85. The molecule has 2 aromatic carbocycles. The molecular formula is C20H24O4. The summed E-state index contributed by atoms with van der Waals surface area (Å²) in [4.78, 5) is 11.8. The van der Waals surface area contributed by atoms with Gasteiger partial charge in [0, 0.05) is 0 Å². The number of hydrogen-bond donors (Lipinski definition) is 1. The molecule has 0 saturated carbocycles. The minimum Gasteiger partial charge on any atom is -0.493 e. The second kappa shape index (κ2) is 7.86. The number of carbonyl (C=O) groups is 1. The summed E-state index contributed by atoms with van der Waals surface area (Å²) in [5, 5.41) is 9.65. The minimum atomic E-state index is -0.852. The number of hydrogen-bond acceptors (Lipinski definition) is 3. The second-order valence-electron chi connectivity index (χ2n) is 6.11. The topological polar surface area (TPSA) is 55.8 Å². The molecule has 0 fully saturated rings. The maximum Gasteiger partial charge on any atom is 0.311 e. The largest absolute Gasteiger partial charge is 0.493 e. The van der Waals surface area contributed by atoms with E-state index in [2.05, 4.69) is 26.0 Å². The fraction of sp³-hybridized carbons (Fsp3) is 0.350. The predicted molar refractivity (Wildman–Crippen MR) is 94.2 cm³/mol. The van der Waals surface area contributed by atoms with Crippen molar-refractivity contribution in [2.75, 3.05) is 14.2 Å². The zero-order chi connectivity index (χ0) is 17.7. The van der Waals surface area contributed by atoms with E-state index in [9.17, 15) is 9.90 Å². The van der Waals surface area contributed by atoms with Gasteiger partial charge in [0.25, 0.3) is 0 Å². The highest BCUT2D eigenvalue weighted by atomic mass is 16.5. The van der Waals surface area contributed by atoms with Gasteiger partial charge in [-0.25, -0.2) is 0 Å². The van der Waals surface area contributed by atoms with Gasteiger partial charge in [-0.15, -0.1) is 0 Å². The minimum absolute atomic E-state index is 0.434. The zero-order valence-corrected chi connectivity index (χ0v) is 14.6. The van der Waals surface area contributed by atoms with Crippen LogP contribution in [-0.2, 0) is 11.2 Å². The van der Waals surface area contributed by atoms with Crippen LogP contribution in [-0.4, -0.2) is 25.3 Å². The first kappa shape index (κ1) is 17.9. The highest BCUT2D eigenvalue weighted by Gasteiger charge is 2.22. The second-order valence-corrected chi connectivity index (χ2v) is 6.11. The van der Waals surface area contributed by atoms with E-state index in [-0.39, 0.29) is 0 Å². The number of benzene rings is 2. The lowest BCUT2D eigenvalue weighted by Gasteiger charge is -2.16. The van der Waals surface area contributed by atoms with Gasteiger partial charge < -0.3 is 14.6 Å². The summed E-state index contributed by atoms with van der Waals surface area (Å²) in [6.07, 6.45) is 0.434. The van der Waals surface area contributed by atoms with E-state index < -0.39 is 11.9 Å². The SMILES string of the molecule is COc1ccc(C(Cc2ccc(C(C)C)cc2)C(=O)O)cc1OC. The van der Waals surface area contributed by atoms with Gasteiger partial charge in [0.15, 0.2) is 11.5 Å². The molecule has 0 aliphatic heterocycles. The van der Waals surface area contributed by atoms with Gasteiger partial charge in [-0.05, 0) is 41.2 Å². The summed E-state index contributed by atoms with van der Waals surface area (Å²) in [6, 6.07) is 13.4. The zero-order valence-electron chi connectivity index (χ0n) is 14.6. The normalized spacial score (nSPS) is 12.0. The molecule has 0 bridgehead atoms. The summed E-state index contributed by atoms with van der Waals surface area (Å²) >= 11 is 0. The summed E-state index contributed by atoms with van der Waals surface area (Å²) in [5.74, 6) is 0.105. The van der Waals surface area contributed by atoms with Gasteiger partial charge in [0.05, 0.1) is 20.1 Å². The molecule has 0 saturated heterocycles. The Morgan fingerprint density at radius 3 is 2.04 bits per heavy atom. The molecule has 4 heteroatoms. The van der Waals surface area contributed by atoms with Crippen molar-refractivity contribution < 1.29 is 19.4 Å². The van der Waals surface area contributed by atoms with Crippen LogP contribution in [0.15, 0.2) is 42.5 Å². The average molecular weight is 328 g/mol. The standard InChI is InChI=1S/C20H24O4/c1-13(2)15-7-5-14(6-8-15)11-17(20(21)22)16-9-10-18(23-3)19(12-16)24-4/h5-10,12-13,17H,11H2,1-4H3,(H,21,22). The molecule has 1 unspecified atom stereocenters. The van der Waals surface area contributed by atoms with E-state index in [1.165, 1.54) is 5.56 Å². The van der Waals surface area contributed by atoms with Gasteiger partial charge in [-0.2, -0.15) is 0 Å². The molecule has 0 aromatic heterocycles.